The van der Waals surface area contributed by atoms with Crippen molar-refractivity contribution in [1.82, 2.24) is 0 Å². The molecule has 100 valence electrons. The molecule has 19 heavy (non-hydrogen) atoms. The Bertz CT molecular complexity index is 119. The zero-order valence-corrected chi connectivity index (χ0v) is 22.6. The van der Waals surface area contributed by atoms with Crippen LogP contribution in [0.15, 0.2) is 0 Å². The third-order valence-corrected chi connectivity index (χ3v) is 3.01. The molecule has 0 radical (unpaired) electrons. The molecule has 0 aliphatic carbocycles. The summed E-state index contributed by atoms with van der Waals surface area (Å²) in [4.78, 5) is 0. The van der Waals surface area contributed by atoms with E-state index in [-0.39, 0.29) is 124 Å². The number of rotatable bonds is 12. The second kappa shape index (κ2) is 33.5. The standard InChI is InChI=1S/C14H30O.4Na.4H/c1-2-3-4-5-6-7-8-9-10-11-12-13-14-15;;;;;;;;/h15H,2-14H2,1H3;;;;;;;;/q;4*+1;4*-1. The fraction of sp³-hybridized carbons (Fsp3) is 1.00. The van der Waals surface area contributed by atoms with Crippen molar-refractivity contribution in [3.63, 3.8) is 0 Å². The van der Waals surface area contributed by atoms with E-state index in [0.29, 0.717) is 6.61 Å². The van der Waals surface area contributed by atoms with Gasteiger partial charge in [0.15, 0.2) is 0 Å². The minimum atomic E-state index is 0. The van der Waals surface area contributed by atoms with Crippen LogP contribution < -0.4 is 118 Å². The van der Waals surface area contributed by atoms with Crippen LogP contribution in [0.5, 0.6) is 0 Å². The molecular formula is C14H34Na4O. The second-order valence-corrected chi connectivity index (χ2v) is 4.61. The predicted octanol–water partition coefficient (Wildman–Crippen LogP) is -6.85. The van der Waals surface area contributed by atoms with Gasteiger partial charge in [0.25, 0.3) is 0 Å². The van der Waals surface area contributed by atoms with Crippen molar-refractivity contribution in [1.29, 1.82) is 0 Å². The molecule has 1 N–H and O–H groups in total. The van der Waals surface area contributed by atoms with Gasteiger partial charge in [-0.3, -0.25) is 0 Å². The normalized spacial score (nSPS) is 8.53. The fourth-order valence-corrected chi connectivity index (χ4v) is 1.95. The average molecular weight is 310 g/mol. The summed E-state index contributed by atoms with van der Waals surface area (Å²) in [5.74, 6) is 0. The summed E-state index contributed by atoms with van der Waals surface area (Å²) < 4.78 is 0. The van der Waals surface area contributed by atoms with Gasteiger partial charge in [0.05, 0.1) is 0 Å². The van der Waals surface area contributed by atoms with Crippen molar-refractivity contribution in [2.45, 2.75) is 84.0 Å². The number of hydrogen-bond acceptors (Lipinski definition) is 1. The summed E-state index contributed by atoms with van der Waals surface area (Å²) in [5.41, 5.74) is 0. The van der Waals surface area contributed by atoms with Crippen LogP contribution in [0.1, 0.15) is 89.7 Å². The third-order valence-electron chi connectivity index (χ3n) is 3.01. The number of unbranched alkanes of at least 4 members (excludes halogenated alkanes) is 11. The van der Waals surface area contributed by atoms with E-state index >= 15 is 0 Å². The molecule has 0 bridgehead atoms. The van der Waals surface area contributed by atoms with Gasteiger partial charge in [0.2, 0.25) is 0 Å². The Hall–Kier alpha value is 3.96. The summed E-state index contributed by atoms with van der Waals surface area (Å²) in [7, 11) is 0. The molecule has 0 saturated heterocycles. The first-order valence-electron chi connectivity index (χ1n) is 7.02. The van der Waals surface area contributed by atoms with Crippen LogP contribution in [0.4, 0.5) is 0 Å². The molecule has 0 saturated carbocycles. The van der Waals surface area contributed by atoms with Gasteiger partial charge in [0.1, 0.15) is 0 Å². The first-order valence-corrected chi connectivity index (χ1v) is 7.02. The third kappa shape index (κ3) is 34.3. The maximum Gasteiger partial charge on any atom is 1.00 e. The average Bonchev–Trinajstić information content (AvgIpc) is 2.26. The van der Waals surface area contributed by atoms with Crippen molar-refractivity contribution >= 4 is 0 Å². The van der Waals surface area contributed by atoms with Crippen LogP contribution in [-0.2, 0) is 0 Å². The van der Waals surface area contributed by atoms with E-state index in [4.69, 9.17) is 5.11 Å². The predicted molar refractivity (Wildman–Crippen MR) is 72.6 cm³/mol. The Morgan fingerprint density at radius 3 is 1.05 bits per heavy atom. The molecule has 0 spiro atoms. The van der Waals surface area contributed by atoms with Gasteiger partial charge in [-0.05, 0) is 6.42 Å². The van der Waals surface area contributed by atoms with Crippen LogP contribution >= 0.6 is 0 Å². The SMILES string of the molecule is CCCCCCCCCCCCCCO.[H-].[H-].[H-].[H-].[Na+].[Na+].[Na+].[Na+]. The molecular weight excluding hydrogens is 276 g/mol. The number of aliphatic hydroxyl groups is 1. The Morgan fingerprint density at radius 1 is 0.526 bits per heavy atom. The smallest absolute Gasteiger partial charge is 1.00 e. The quantitative estimate of drug-likeness (QED) is 0.281. The topological polar surface area (TPSA) is 20.2 Å². The summed E-state index contributed by atoms with van der Waals surface area (Å²) in [6.45, 7) is 2.64. The first kappa shape index (κ1) is 34.3. The summed E-state index contributed by atoms with van der Waals surface area (Å²) in [6.07, 6.45) is 16.2. The summed E-state index contributed by atoms with van der Waals surface area (Å²) in [6, 6.07) is 0. The van der Waals surface area contributed by atoms with Crippen LogP contribution in [0.25, 0.3) is 0 Å². The van der Waals surface area contributed by atoms with E-state index in [0.717, 1.165) is 6.42 Å². The van der Waals surface area contributed by atoms with E-state index in [9.17, 15) is 0 Å². The summed E-state index contributed by atoms with van der Waals surface area (Å²) >= 11 is 0. The van der Waals surface area contributed by atoms with Crippen LogP contribution in [-0.4, -0.2) is 11.7 Å². The van der Waals surface area contributed by atoms with Crippen molar-refractivity contribution in [2.24, 2.45) is 0 Å². The minimum Gasteiger partial charge on any atom is -1.00 e. The minimum absolute atomic E-state index is 0. The van der Waals surface area contributed by atoms with Gasteiger partial charge in [-0.1, -0.05) is 77.6 Å². The number of hydrogen-bond donors (Lipinski definition) is 1. The molecule has 5 heteroatoms. The van der Waals surface area contributed by atoms with Crippen LogP contribution in [0.2, 0.25) is 0 Å². The van der Waals surface area contributed by atoms with Crippen molar-refractivity contribution < 1.29 is 129 Å². The Balaban J connectivity index is -0.0000000350. The molecule has 0 heterocycles. The molecule has 1 nitrogen and oxygen atoms in total. The van der Waals surface area contributed by atoms with Gasteiger partial charge in [0, 0.05) is 6.61 Å². The molecule has 0 amide bonds. The Kier molecular flexibility index (Phi) is 60.6. The molecule has 0 rings (SSSR count). The fourth-order valence-electron chi connectivity index (χ4n) is 1.95. The number of aliphatic hydroxyl groups excluding tert-OH is 1. The van der Waals surface area contributed by atoms with E-state index in [1.54, 1.807) is 0 Å². The van der Waals surface area contributed by atoms with E-state index in [1.165, 1.54) is 70.6 Å². The zero-order chi connectivity index (χ0) is 11.2. The van der Waals surface area contributed by atoms with E-state index < -0.39 is 0 Å². The molecule has 0 unspecified atom stereocenters. The molecule has 0 fully saturated rings. The molecule has 0 aromatic heterocycles. The van der Waals surface area contributed by atoms with Gasteiger partial charge >= 0.3 is 118 Å². The second-order valence-electron chi connectivity index (χ2n) is 4.61. The summed E-state index contributed by atoms with van der Waals surface area (Å²) in [5, 5.41) is 8.61. The van der Waals surface area contributed by atoms with E-state index in [2.05, 4.69) is 6.92 Å². The maximum atomic E-state index is 8.61. The van der Waals surface area contributed by atoms with Crippen molar-refractivity contribution in [2.75, 3.05) is 6.61 Å². The van der Waals surface area contributed by atoms with Crippen LogP contribution in [0, 0.1) is 0 Å². The Labute approximate surface area is 216 Å². The Morgan fingerprint density at radius 2 is 0.789 bits per heavy atom. The molecule has 0 aliphatic heterocycles. The molecule has 0 aromatic carbocycles. The monoisotopic (exact) mass is 310 g/mol. The van der Waals surface area contributed by atoms with Gasteiger partial charge < -0.3 is 10.8 Å². The van der Waals surface area contributed by atoms with Gasteiger partial charge in [-0.25, -0.2) is 0 Å². The van der Waals surface area contributed by atoms with Crippen molar-refractivity contribution in [3.05, 3.63) is 0 Å². The van der Waals surface area contributed by atoms with Gasteiger partial charge in [-0.15, -0.1) is 0 Å². The first-order chi connectivity index (χ1) is 7.41. The van der Waals surface area contributed by atoms with Gasteiger partial charge in [-0.2, -0.15) is 0 Å². The largest absolute Gasteiger partial charge is 1.00 e. The van der Waals surface area contributed by atoms with E-state index in [1.807, 2.05) is 0 Å². The molecule has 0 atom stereocenters. The molecule has 0 aliphatic rings. The van der Waals surface area contributed by atoms with Crippen LogP contribution in [0.3, 0.4) is 0 Å². The maximum absolute atomic E-state index is 8.61. The molecule has 0 aromatic rings. The zero-order valence-electron chi connectivity index (χ0n) is 18.6. The van der Waals surface area contributed by atoms with Crippen molar-refractivity contribution in [3.8, 4) is 0 Å².